The molecule has 1 aromatic carbocycles. The lowest BCUT2D eigenvalue weighted by Crippen LogP contribution is -2.26. The first-order valence-electron chi connectivity index (χ1n) is 6.47. The maximum Gasteiger partial charge on any atom is 0.337 e. The van der Waals surface area contributed by atoms with Gasteiger partial charge in [-0.2, -0.15) is 0 Å². The fourth-order valence-electron chi connectivity index (χ4n) is 2.34. The molecule has 2 rings (SSSR count). The van der Waals surface area contributed by atoms with Crippen LogP contribution in [-0.2, 0) is 0 Å². The molecule has 0 saturated carbocycles. The van der Waals surface area contributed by atoms with E-state index < -0.39 is 5.97 Å². The minimum Gasteiger partial charge on any atom is -0.478 e. The predicted molar refractivity (Wildman–Crippen MR) is 72.3 cm³/mol. The van der Waals surface area contributed by atoms with Crippen LogP contribution < -0.4 is 5.32 Å². The van der Waals surface area contributed by atoms with Crippen molar-refractivity contribution >= 4 is 11.7 Å². The van der Waals surface area contributed by atoms with Gasteiger partial charge in [0.05, 0.1) is 5.56 Å². The number of anilines is 1. The number of nitrogens with zero attached hydrogens (tertiary/aromatic N) is 1. The van der Waals surface area contributed by atoms with E-state index in [0.717, 1.165) is 18.7 Å². The molecule has 2 N–H and O–H groups in total. The quantitative estimate of drug-likeness (QED) is 0.838. The molecule has 0 atom stereocenters. The number of hydrogen-bond donors (Lipinski definition) is 2. The number of aromatic carboxylic acids is 1. The van der Waals surface area contributed by atoms with Crippen molar-refractivity contribution in [1.29, 1.82) is 0 Å². The Hall–Kier alpha value is -1.55. The summed E-state index contributed by atoms with van der Waals surface area (Å²) in [6.07, 6.45) is 2.57. The standard InChI is InChI=1S/C14H20N2O2/c1-11-4-5-13(12(10-11)14(17)18)15-6-9-16-7-2-3-8-16/h4-5,10,15H,2-3,6-9H2,1H3,(H,17,18). The summed E-state index contributed by atoms with van der Waals surface area (Å²) in [7, 11) is 0. The molecule has 4 nitrogen and oxygen atoms in total. The van der Waals surface area contributed by atoms with Gasteiger partial charge in [-0.05, 0) is 45.0 Å². The third-order valence-corrected chi connectivity index (χ3v) is 3.35. The first-order chi connectivity index (χ1) is 8.66. The number of benzene rings is 1. The first kappa shape index (κ1) is 12.9. The lowest BCUT2D eigenvalue weighted by Gasteiger charge is -2.16. The van der Waals surface area contributed by atoms with E-state index in [1.54, 1.807) is 6.07 Å². The van der Waals surface area contributed by atoms with Gasteiger partial charge in [0.1, 0.15) is 0 Å². The van der Waals surface area contributed by atoms with Gasteiger partial charge >= 0.3 is 5.97 Å². The second-order valence-corrected chi connectivity index (χ2v) is 4.83. The van der Waals surface area contributed by atoms with Crippen LogP contribution in [0, 0.1) is 6.92 Å². The molecule has 1 heterocycles. The van der Waals surface area contributed by atoms with Gasteiger partial charge < -0.3 is 15.3 Å². The minimum absolute atomic E-state index is 0.358. The molecule has 98 valence electrons. The van der Waals surface area contributed by atoms with Crippen molar-refractivity contribution in [3.05, 3.63) is 29.3 Å². The fourth-order valence-corrected chi connectivity index (χ4v) is 2.34. The number of rotatable bonds is 5. The fraction of sp³-hybridized carbons (Fsp3) is 0.500. The van der Waals surface area contributed by atoms with Gasteiger partial charge in [-0.15, -0.1) is 0 Å². The van der Waals surface area contributed by atoms with Crippen LogP contribution in [0.5, 0.6) is 0 Å². The number of nitrogens with one attached hydrogen (secondary N) is 1. The van der Waals surface area contributed by atoms with E-state index in [4.69, 9.17) is 5.11 Å². The highest BCUT2D eigenvalue weighted by Crippen LogP contribution is 2.17. The molecule has 1 saturated heterocycles. The zero-order valence-electron chi connectivity index (χ0n) is 10.8. The van der Waals surface area contributed by atoms with E-state index in [0.29, 0.717) is 11.3 Å². The second kappa shape index (κ2) is 5.87. The number of likely N-dealkylation sites (tertiary alicyclic amines) is 1. The molecule has 18 heavy (non-hydrogen) atoms. The van der Waals surface area contributed by atoms with E-state index in [1.165, 1.54) is 25.9 Å². The second-order valence-electron chi connectivity index (χ2n) is 4.83. The number of carboxylic acid groups (broad SMARTS) is 1. The van der Waals surface area contributed by atoms with Crippen molar-refractivity contribution in [2.75, 3.05) is 31.5 Å². The number of carboxylic acids is 1. The van der Waals surface area contributed by atoms with Gasteiger partial charge in [-0.25, -0.2) is 4.79 Å². The van der Waals surface area contributed by atoms with Crippen LogP contribution in [0.4, 0.5) is 5.69 Å². The molecule has 1 fully saturated rings. The Morgan fingerprint density at radius 1 is 1.39 bits per heavy atom. The summed E-state index contributed by atoms with van der Waals surface area (Å²) in [6.45, 7) is 6.01. The van der Waals surface area contributed by atoms with Gasteiger partial charge in [-0.3, -0.25) is 0 Å². The van der Waals surface area contributed by atoms with E-state index in [1.807, 2.05) is 19.1 Å². The van der Waals surface area contributed by atoms with Crippen LogP contribution in [0.2, 0.25) is 0 Å². The molecule has 0 aromatic heterocycles. The zero-order chi connectivity index (χ0) is 13.0. The Labute approximate surface area is 108 Å². The topological polar surface area (TPSA) is 52.6 Å². The van der Waals surface area contributed by atoms with Crippen molar-refractivity contribution in [2.45, 2.75) is 19.8 Å². The molecule has 1 aliphatic rings. The number of hydrogen-bond acceptors (Lipinski definition) is 3. The summed E-state index contributed by atoms with van der Waals surface area (Å²) < 4.78 is 0. The Balaban J connectivity index is 1.93. The maximum absolute atomic E-state index is 11.1. The van der Waals surface area contributed by atoms with Crippen LogP contribution in [0.25, 0.3) is 0 Å². The lowest BCUT2D eigenvalue weighted by atomic mass is 10.1. The van der Waals surface area contributed by atoms with E-state index in [2.05, 4.69) is 10.2 Å². The van der Waals surface area contributed by atoms with Crippen molar-refractivity contribution in [3.8, 4) is 0 Å². The molecular formula is C14H20N2O2. The highest BCUT2D eigenvalue weighted by atomic mass is 16.4. The van der Waals surface area contributed by atoms with Gasteiger partial charge in [0, 0.05) is 18.8 Å². The Morgan fingerprint density at radius 2 is 2.11 bits per heavy atom. The molecule has 0 unspecified atom stereocenters. The summed E-state index contributed by atoms with van der Waals surface area (Å²) >= 11 is 0. The van der Waals surface area contributed by atoms with Crippen molar-refractivity contribution in [3.63, 3.8) is 0 Å². The molecule has 0 spiro atoms. The molecule has 0 bridgehead atoms. The average molecular weight is 248 g/mol. The van der Waals surface area contributed by atoms with Crippen LogP contribution in [0.3, 0.4) is 0 Å². The molecule has 1 aliphatic heterocycles. The van der Waals surface area contributed by atoms with E-state index >= 15 is 0 Å². The number of carbonyl (C=O) groups is 1. The van der Waals surface area contributed by atoms with Gasteiger partial charge in [0.15, 0.2) is 0 Å². The Bertz CT molecular complexity index is 426. The molecule has 4 heteroatoms. The highest BCUT2D eigenvalue weighted by molar-refractivity contribution is 5.94. The summed E-state index contributed by atoms with van der Waals surface area (Å²) in [5.41, 5.74) is 2.04. The zero-order valence-corrected chi connectivity index (χ0v) is 10.8. The lowest BCUT2D eigenvalue weighted by molar-refractivity contribution is 0.0698. The SMILES string of the molecule is Cc1ccc(NCCN2CCCC2)c(C(=O)O)c1. The van der Waals surface area contributed by atoms with Gasteiger partial charge in [0.25, 0.3) is 0 Å². The van der Waals surface area contributed by atoms with Crippen LogP contribution in [-0.4, -0.2) is 42.2 Å². The molecule has 0 aliphatic carbocycles. The van der Waals surface area contributed by atoms with Crippen LogP contribution >= 0.6 is 0 Å². The highest BCUT2D eigenvalue weighted by Gasteiger charge is 2.12. The van der Waals surface area contributed by atoms with Gasteiger partial charge in [-0.1, -0.05) is 11.6 Å². The third kappa shape index (κ3) is 3.23. The summed E-state index contributed by atoms with van der Waals surface area (Å²) in [5.74, 6) is -0.873. The predicted octanol–water partition coefficient (Wildman–Crippen LogP) is 2.20. The third-order valence-electron chi connectivity index (χ3n) is 3.35. The Kier molecular flexibility index (Phi) is 4.20. The van der Waals surface area contributed by atoms with Crippen molar-refractivity contribution in [2.24, 2.45) is 0 Å². The Morgan fingerprint density at radius 3 is 2.78 bits per heavy atom. The van der Waals surface area contributed by atoms with E-state index in [9.17, 15) is 4.79 Å². The van der Waals surface area contributed by atoms with Crippen LogP contribution in [0.15, 0.2) is 18.2 Å². The molecule has 0 radical (unpaired) electrons. The number of aryl methyl sites for hydroxylation is 1. The largest absolute Gasteiger partial charge is 0.478 e. The maximum atomic E-state index is 11.1. The smallest absolute Gasteiger partial charge is 0.337 e. The van der Waals surface area contributed by atoms with Crippen molar-refractivity contribution < 1.29 is 9.90 Å². The average Bonchev–Trinajstić information content (AvgIpc) is 2.84. The normalized spacial score (nSPS) is 15.8. The minimum atomic E-state index is -0.873. The van der Waals surface area contributed by atoms with Crippen molar-refractivity contribution in [1.82, 2.24) is 4.90 Å². The molecule has 0 amide bonds. The van der Waals surface area contributed by atoms with E-state index in [-0.39, 0.29) is 0 Å². The van der Waals surface area contributed by atoms with Gasteiger partial charge in [0.2, 0.25) is 0 Å². The summed E-state index contributed by atoms with van der Waals surface area (Å²) in [5, 5.41) is 12.4. The monoisotopic (exact) mass is 248 g/mol. The molecular weight excluding hydrogens is 228 g/mol. The van der Waals surface area contributed by atoms with Crippen LogP contribution in [0.1, 0.15) is 28.8 Å². The molecule has 1 aromatic rings. The summed E-state index contributed by atoms with van der Waals surface area (Å²) in [4.78, 5) is 13.5. The first-order valence-corrected chi connectivity index (χ1v) is 6.47. The summed E-state index contributed by atoms with van der Waals surface area (Å²) in [6, 6.07) is 5.49.